The largest absolute Gasteiger partial charge is 0.323 e. The fraction of sp³-hybridized carbons (Fsp3) is 0. The first kappa shape index (κ1) is 12.9. The zero-order valence-electron chi connectivity index (χ0n) is 9.15. The molecule has 2 N–H and O–H groups in total. The minimum Gasteiger partial charge on any atom is -0.308 e. The molecule has 0 aliphatic rings. The third kappa shape index (κ3) is 3.45. The zero-order valence-corrected chi connectivity index (χ0v) is 11.5. The van der Waals surface area contributed by atoms with Gasteiger partial charge in [0, 0.05) is 23.1 Å². The van der Waals surface area contributed by atoms with Gasteiger partial charge in [0.2, 0.25) is 0 Å². The van der Waals surface area contributed by atoms with E-state index in [0.717, 1.165) is 0 Å². The Bertz CT molecular complexity index is 577. The van der Waals surface area contributed by atoms with Crippen LogP contribution in [0.4, 0.5) is 16.2 Å². The number of anilines is 2. The van der Waals surface area contributed by atoms with E-state index in [2.05, 4.69) is 31.5 Å². The summed E-state index contributed by atoms with van der Waals surface area (Å²) in [5.41, 5.74) is 1.27. The molecule has 0 aliphatic carbocycles. The minimum atomic E-state index is -0.343. The highest BCUT2D eigenvalue weighted by atomic mass is 79.9. The number of nitrogens with one attached hydrogen (secondary N) is 2. The second kappa shape index (κ2) is 5.84. The van der Waals surface area contributed by atoms with Crippen LogP contribution >= 0.6 is 27.5 Å². The van der Waals surface area contributed by atoms with Crippen LogP contribution in [0.5, 0.6) is 0 Å². The zero-order chi connectivity index (χ0) is 13.0. The third-order valence-corrected chi connectivity index (χ3v) is 2.97. The molecule has 0 atom stereocenters. The highest BCUT2D eigenvalue weighted by molar-refractivity contribution is 9.10. The molecule has 0 radical (unpaired) electrons. The lowest BCUT2D eigenvalue weighted by Gasteiger charge is -2.08. The average Bonchev–Trinajstić information content (AvgIpc) is 2.32. The van der Waals surface area contributed by atoms with Crippen LogP contribution in [0, 0.1) is 0 Å². The molecule has 2 amide bonds. The maximum atomic E-state index is 11.7. The Balaban J connectivity index is 2.03. The number of carbonyl (C=O) groups excluding carboxylic acids is 1. The summed E-state index contributed by atoms with van der Waals surface area (Å²) in [4.78, 5) is 15.7. The highest BCUT2D eigenvalue weighted by Gasteiger charge is 2.05. The van der Waals surface area contributed by atoms with E-state index in [1.54, 1.807) is 42.7 Å². The number of hydrogen-bond donors (Lipinski definition) is 2. The number of halogens is 2. The molecule has 1 aromatic carbocycles. The fourth-order valence-electron chi connectivity index (χ4n) is 1.33. The number of aromatic nitrogens is 1. The second-order valence-corrected chi connectivity index (χ2v) is 4.74. The lowest BCUT2D eigenvalue weighted by molar-refractivity contribution is 0.262. The van der Waals surface area contributed by atoms with E-state index in [1.165, 1.54) is 0 Å². The Morgan fingerprint density at radius 3 is 2.83 bits per heavy atom. The topological polar surface area (TPSA) is 54.0 Å². The van der Waals surface area contributed by atoms with Gasteiger partial charge in [-0.3, -0.25) is 4.98 Å². The van der Waals surface area contributed by atoms with Crippen molar-refractivity contribution in [3.05, 3.63) is 52.2 Å². The predicted molar refractivity (Wildman–Crippen MR) is 76.0 cm³/mol. The van der Waals surface area contributed by atoms with E-state index >= 15 is 0 Å². The van der Waals surface area contributed by atoms with E-state index < -0.39 is 0 Å². The van der Waals surface area contributed by atoms with Gasteiger partial charge in [-0.1, -0.05) is 17.7 Å². The van der Waals surface area contributed by atoms with Gasteiger partial charge >= 0.3 is 6.03 Å². The fourth-order valence-corrected chi connectivity index (χ4v) is 1.87. The molecular formula is C12H9BrClN3O. The van der Waals surface area contributed by atoms with Gasteiger partial charge in [0.05, 0.1) is 10.2 Å². The summed E-state index contributed by atoms with van der Waals surface area (Å²) < 4.78 is 0.714. The molecule has 1 aromatic heterocycles. The molecule has 0 spiro atoms. The number of pyridine rings is 1. The molecule has 6 heteroatoms. The smallest absolute Gasteiger partial charge is 0.308 e. The molecule has 2 aromatic rings. The second-order valence-electron chi connectivity index (χ2n) is 3.44. The van der Waals surface area contributed by atoms with Crippen molar-refractivity contribution in [3.8, 4) is 0 Å². The van der Waals surface area contributed by atoms with Gasteiger partial charge in [0.1, 0.15) is 0 Å². The van der Waals surface area contributed by atoms with Crippen molar-refractivity contribution in [3.63, 3.8) is 0 Å². The van der Waals surface area contributed by atoms with E-state index in [0.29, 0.717) is 20.9 Å². The maximum absolute atomic E-state index is 11.7. The van der Waals surface area contributed by atoms with E-state index in [4.69, 9.17) is 11.6 Å². The number of benzene rings is 1. The molecule has 2 rings (SSSR count). The quantitative estimate of drug-likeness (QED) is 0.871. The number of rotatable bonds is 2. The van der Waals surface area contributed by atoms with Crippen LogP contribution in [0.1, 0.15) is 0 Å². The van der Waals surface area contributed by atoms with Crippen LogP contribution < -0.4 is 10.6 Å². The first-order chi connectivity index (χ1) is 8.65. The van der Waals surface area contributed by atoms with Gasteiger partial charge in [0.25, 0.3) is 0 Å². The van der Waals surface area contributed by atoms with Crippen LogP contribution in [0.15, 0.2) is 47.2 Å². The molecule has 0 fully saturated rings. The number of carbonyl (C=O) groups is 1. The standard InChI is InChI=1S/C12H9BrClN3O/c13-10-7-15-5-4-11(10)17-12(18)16-9-3-1-2-8(14)6-9/h1-7H,(H2,15,16,17,18). The Kier molecular flexibility index (Phi) is 4.17. The summed E-state index contributed by atoms with van der Waals surface area (Å²) in [6.07, 6.45) is 3.20. The summed E-state index contributed by atoms with van der Waals surface area (Å²) in [5.74, 6) is 0. The summed E-state index contributed by atoms with van der Waals surface area (Å²) in [6.45, 7) is 0. The van der Waals surface area contributed by atoms with Crippen LogP contribution in [0.2, 0.25) is 5.02 Å². The Morgan fingerprint density at radius 2 is 2.11 bits per heavy atom. The predicted octanol–water partition coefficient (Wildman–Crippen LogP) is 4.14. The molecule has 1 heterocycles. The molecular weight excluding hydrogens is 318 g/mol. The van der Waals surface area contributed by atoms with Gasteiger partial charge in [-0.15, -0.1) is 0 Å². The molecule has 92 valence electrons. The molecule has 0 saturated carbocycles. The first-order valence-corrected chi connectivity index (χ1v) is 6.25. The summed E-state index contributed by atoms with van der Waals surface area (Å²) >= 11 is 9.12. The van der Waals surface area contributed by atoms with E-state index in [-0.39, 0.29) is 6.03 Å². The van der Waals surface area contributed by atoms with Gasteiger partial charge in [0.15, 0.2) is 0 Å². The van der Waals surface area contributed by atoms with Crippen LogP contribution in [-0.2, 0) is 0 Å². The maximum Gasteiger partial charge on any atom is 0.323 e. The average molecular weight is 327 g/mol. The molecule has 0 aliphatic heterocycles. The van der Waals surface area contributed by atoms with Gasteiger partial charge in [-0.25, -0.2) is 4.79 Å². The van der Waals surface area contributed by atoms with Crippen molar-refractivity contribution < 1.29 is 4.79 Å². The lowest BCUT2D eigenvalue weighted by atomic mass is 10.3. The number of urea groups is 1. The van der Waals surface area contributed by atoms with Crippen molar-refractivity contribution in [1.29, 1.82) is 0 Å². The third-order valence-electron chi connectivity index (χ3n) is 2.10. The number of hydrogen-bond acceptors (Lipinski definition) is 2. The molecule has 0 unspecified atom stereocenters. The Labute approximate surface area is 118 Å². The van der Waals surface area contributed by atoms with Crippen molar-refractivity contribution >= 4 is 44.9 Å². The van der Waals surface area contributed by atoms with Crippen molar-refractivity contribution in [2.24, 2.45) is 0 Å². The molecule has 0 saturated heterocycles. The van der Waals surface area contributed by atoms with Crippen LogP contribution in [0.3, 0.4) is 0 Å². The van der Waals surface area contributed by atoms with E-state index in [9.17, 15) is 4.79 Å². The summed E-state index contributed by atoms with van der Waals surface area (Å²) in [6, 6.07) is 8.28. The number of amides is 2. The summed E-state index contributed by atoms with van der Waals surface area (Å²) in [5, 5.41) is 5.95. The van der Waals surface area contributed by atoms with Crippen molar-refractivity contribution in [2.45, 2.75) is 0 Å². The van der Waals surface area contributed by atoms with E-state index in [1.807, 2.05) is 0 Å². The molecule has 0 bridgehead atoms. The monoisotopic (exact) mass is 325 g/mol. The van der Waals surface area contributed by atoms with Crippen LogP contribution in [-0.4, -0.2) is 11.0 Å². The Morgan fingerprint density at radius 1 is 1.28 bits per heavy atom. The van der Waals surface area contributed by atoms with Gasteiger partial charge in [-0.05, 0) is 40.2 Å². The molecule has 4 nitrogen and oxygen atoms in total. The minimum absolute atomic E-state index is 0.343. The first-order valence-electron chi connectivity index (χ1n) is 5.08. The summed E-state index contributed by atoms with van der Waals surface area (Å²) in [7, 11) is 0. The van der Waals surface area contributed by atoms with Crippen molar-refractivity contribution in [2.75, 3.05) is 10.6 Å². The number of nitrogens with zero attached hydrogens (tertiary/aromatic N) is 1. The van der Waals surface area contributed by atoms with Crippen molar-refractivity contribution in [1.82, 2.24) is 4.98 Å². The van der Waals surface area contributed by atoms with Crippen LogP contribution in [0.25, 0.3) is 0 Å². The normalized spacial score (nSPS) is 9.89. The molecule has 18 heavy (non-hydrogen) atoms. The van der Waals surface area contributed by atoms with Gasteiger partial charge < -0.3 is 10.6 Å². The lowest BCUT2D eigenvalue weighted by Crippen LogP contribution is -2.19. The SMILES string of the molecule is O=C(Nc1cccc(Cl)c1)Nc1ccncc1Br. The Hall–Kier alpha value is -1.59. The van der Waals surface area contributed by atoms with Gasteiger partial charge in [-0.2, -0.15) is 0 Å². The highest BCUT2D eigenvalue weighted by Crippen LogP contribution is 2.20.